The van der Waals surface area contributed by atoms with Crippen LogP contribution in [0.3, 0.4) is 0 Å². The monoisotopic (exact) mass is 193 g/mol. The van der Waals surface area contributed by atoms with Gasteiger partial charge in [0.2, 0.25) is 0 Å². The van der Waals surface area contributed by atoms with Gasteiger partial charge >= 0.3 is 0 Å². The highest BCUT2D eigenvalue weighted by Crippen LogP contribution is 2.21. The van der Waals surface area contributed by atoms with E-state index in [-0.39, 0.29) is 6.04 Å². The number of aryl methyl sites for hydroxylation is 1. The molecule has 1 aromatic heterocycles. The van der Waals surface area contributed by atoms with Crippen LogP contribution >= 0.6 is 0 Å². The van der Waals surface area contributed by atoms with E-state index < -0.39 is 0 Å². The minimum absolute atomic E-state index is 0.281. The predicted molar refractivity (Wildman–Crippen MR) is 60.1 cm³/mol. The van der Waals surface area contributed by atoms with E-state index >= 15 is 0 Å². The number of nitrogens with two attached hydrogens (primary N) is 1. The summed E-state index contributed by atoms with van der Waals surface area (Å²) in [4.78, 5) is 4.11. The maximum atomic E-state index is 5.84. The fourth-order valence-corrected chi connectivity index (χ4v) is 1.62. The Hall–Kier alpha value is -1.09. The SMILES string of the molecule is CCCNC(C)c1c(C)ccnc1N. The lowest BCUT2D eigenvalue weighted by Gasteiger charge is -2.17. The number of hydrogen-bond donors (Lipinski definition) is 2. The van der Waals surface area contributed by atoms with Crippen LogP contribution in [0.5, 0.6) is 0 Å². The van der Waals surface area contributed by atoms with Gasteiger partial charge in [-0.2, -0.15) is 0 Å². The molecule has 0 aliphatic heterocycles. The summed E-state index contributed by atoms with van der Waals surface area (Å²) >= 11 is 0. The van der Waals surface area contributed by atoms with Crippen LogP contribution in [0.25, 0.3) is 0 Å². The van der Waals surface area contributed by atoms with Crippen molar-refractivity contribution in [3.8, 4) is 0 Å². The highest BCUT2D eigenvalue weighted by atomic mass is 14.9. The number of aromatic nitrogens is 1. The Labute approximate surface area is 85.7 Å². The summed E-state index contributed by atoms with van der Waals surface area (Å²) in [5, 5.41) is 3.41. The largest absolute Gasteiger partial charge is 0.383 e. The van der Waals surface area contributed by atoms with E-state index in [1.54, 1.807) is 6.20 Å². The van der Waals surface area contributed by atoms with Crippen LogP contribution in [0.4, 0.5) is 5.82 Å². The highest BCUT2D eigenvalue weighted by molar-refractivity contribution is 5.45. The van der Waals surface area contributed by atoms with Crippen LogP contribution in [0.1, 0.15) is 37.4 Å². The van der Waals surface area contributed by atoms with Gasteiger partial charge in [-0.1, -0.05) is 6.92 Å². The molecule has 1 aromatic rings. The third-order valence-electron chi connectivity index (χ3n) is 2.37. The zero-order chi connectivity index (χ0) is 10.6. The number of anilines is 1. The van der Waals surface area contributed by atoms with Crippen LogP contribution in [0.15, 0.2) is 12.3 Å². The van der Waals surface area contributed by atoms with Crippen molar-refractivity contribution in [2.45, 2.75) is 33.2 Å². The van der Waals surface area contributed by atoms with Crippen molar-refractivity contribution in [3.63, 3.8) is 0 Å². The van der Waals surface area contributed by atoms with Gasteiger partial charge in [-0.3, -0.25) is 0 Å². The lowest BCUT2D eigenvalue weighted by Crippen LogP contribution is -2.21. The van der Waals surface area contributed by atoms with Crippen molar-refractivity contribution in [1.82, 2.24) is 10.3 Å². The van der Waals surface area contributed by atoms with Gasteiger partial charge in [-0.25, -0.2) is 4.98 Å². The molecule has 0 aliphatic rings. The van der Waals surface area contributed by atoms with E-state index in [0.717, 1.165) is 18.5 Å². The Morgan fingerprint density at radius 2 is 2.29 bits per heavy atom. The van der Waals surface area contributed by atoms with E-state index in [4.69, 9.17) is 5.73 Å². The molecule has 0 fully saturated rings. The molecule has 1 heterocycles. The molecule has 1 unspecified atom stereocenters. The van der Waals surface area contributed by atoms with Gasteiger partial charge in [0, 0.05) is 17.8 Å². The summed E-state index contributed by atoms with van der Waals surface area (Å²) < 4.78 is 0. The van der Waals surface area contributed by atoms with Crippen molar-refractivity contribution in [2.24, 2.45) is 0 Å². The molecule has 0 spiro atoms. The van der Waals surface area contributed by atoms with Crippen molar-refractivity contribution in [2.75, 3.05) is 12.3 Å². The van der Waals surface area contributed by atoms with Crippen LogP contribution in [-0.2, 0) is 0 Å². The molecule has 0 bridgehead atoms. The van der Waals surface area contributed by atoms with Crippen molar-refractivity contribution in [1.29, 1.82) is 0 Å². The maximum Gasteiger partial charge on any atom is 0.128 e. The lowest BCUT2D eigenvalue weighted by atomic mass is 10.0. The second-order valence-corrected chi connectivity index (χ2v) is 3.60. The van der Waals surface area contributed by atoms with Gasteiger partial charge in [-0.15, -0.1) is 0 Å². The minimum Gasteiger partial charge on any atom is -0.383 e. The zero-order valence-corrected chi connectivity index (χ0v) is 9.17. The molecule has 1 rings (SSSR count). The van der Waals surface area contributed by atoms with Crippen LogP contribution in [0, 0.1) is 6.92 Å². The highest BCUT2D eigenvalue weighted by Gasteiger charge is 2.11. The van der Waals surface area contributed by atoms with E-state index in [2.05, 4.69) is 31.1 Å². The van der Waals surface area contributed by atoms with E-state index in [0.29, 0.717) is 5.82 Å². The van der Waals surface area contributed by atoms with Crippen LogP contribution in [-0.4, -0.2) is 11.5 Å². The van der Waals surface area contributed by atoms with E-state index in [9.17, 15) is 0 Å². The number of pyridine rings is 1. The summed E-state index contributed by atoms with van der Waals surface area (Å²) in [6.45, 7) is 7.35. The number of rotatable bonds is 4. The summed E-state index contributed by atoms with van der Waals surface area (Å²) in [5.74, 6) is 0.640. The summed E-state index contributed by atoms with van der Waals surface area (Å²) in [6, 6.07) is 2.28. The Morgan fingerprint density at radius 3 is 2.86 bits per heavy atom. The first-order valence-electron chi connectivity index (χ1n) is 5.11. The van der Waals surface area contributed by atoms with Gasteiger partial charge < -0.3 is 11.1 Å². The van der Waals surface area contributed by atoms with Gasteiger partial charge in [-0.05, 0) is 38.4 Å². The standard InChI is InChI=1S/C11H19N3/c1-4-6-13-9(3)10-8(2)5-7-14-11(10)12/h5,7,9,13H,4,6H2,1-3H3,(H2,12,14). The summed E-state index contributed by atoms with van der Waals surface area (Å²) in [5.41, 5.74) is 8.17. The Kier molecular flexibility index (Phi) is 3.89. The summed E-state index contributed by atoms with van der Waals surface area (Å²) in [7, 11) is 0. The Balaban J connectivity index is 2.82. The van der Waals surface area contributed by atoms with Crippen molar-refractivity contribution in [3.05, 3.63) is 23.4 Å². The van der Waals surface area contributed by atoms with Crippen LogP contribution < -0.4 is 11.1 Å². The molecule has 0 saturated heterocycles. The van der Waals surface area contributed by atoms with E-state index in [1.807, 2.05) is 6.07 Å². The molecule has 0 radical (unpaired) electrons. The number of hydrogen-bond acceptors (Lipinski definition) is 3. The van der Waals surface area contributed by atoms with Crippen molar-refractivity contribution < 1.29 is 0 Å². The third kappa shape index (κ3) is 2.45. The van der Waals surface area contributed by atoms with Gasteiger partial charge in [0.05, 0.1) is 0 Å². The van der Waals surface area contributed by atoms with Gasteiger partial charge in [0.1, 0.15) is 5.82 Å². The Morgan fingerprint density at radius 1 is 1.57 bits per heavy atom. The second-order valence-electron chi connectivity index (χ2n) is 3.60. The first kappa shape index (κ1) is 11.0. The number of nitrogen functional groups attached to an aromatic ring is 1. The maximum absolute atomic E-state index is 5.84. The summed E-state index contributed by atoms with van der Waals surface area (Å²) in [6.07, 6.45) is 2.88. The predicted octanol–water partition coefficient (Wildman–Crippen LogP) is 2.03. The quantitative estimate of drug-likeness (QED) is 0.769. The molecule has 3 N–H and O–H groups in total. The van der Waals surface area contributed by atoms with Gasteiger partial charge in [0.15, 0.2) is 0 Å². The zero-order valence-electron chi connectivity index (χ0n) is 9.17. The smallest absolute Gasteiger partial charge is 0.128 e. The van der Waals surface area contributed by atoms with Crippen LogP contribution in [0.2, 0.25) is 0 Å². The molecule has 0 amide bonds. The topological polar surface area (TPSA) is 50.9 Å². The number of nitrogens with one attached hydrogen (secondary N) is 1. The van der Waals surface area contributed by atoms with E-state index in [1.165, 1.54) is 5.56 Å². The first-order chi connectivity index (χ1) is 6.66. The molecule has 0 saturated carbocycles. The molecule has 0 aliphatic carbocycles. The van der Waals surface area contributed by atoms with Gasteiger partial charge in [0.25, 0.3) is 0 Å². The Bertz CT molecular complexity index is 276. The normalized spacial score (nSPS) is 12.8. The molecule has 14 heavy (non-hydrogen) atoms. The molecule has 3 nitrogen and oxygen atoms in total. The molecule has 1 atom stereocenters. The first-order valence-corrected chi connectivity index (χ1v) is 5.11. The molecular formula is C11H19N3. The van der Waals surface area contributed by atoms with Crippen molar-refractivity contribution >= 4 is 5.82 Å². The average Bonchev–Trinajstić information content (AvgIpc) is 2.14. The molecular weight excluding hydrogens is 174 g/mol. The molecule has 0 aromatic carbocycles. The molecule has 3 heteroatoms. The second kappa shape index (κ2) is 4.96. The molecule has 78 valence electrons. The fourth-order valence-electron chi connectivity index (χ4n) is 1.62. The minimum atomic E-state index is 0.281. The third-order valence-corrected chi connectivity index (χ3v) is 2.37. The average molecular weight is 193 g/mol. The number of nitrogens with zero attached hydrogens (tertiary/aromatic N) is 1. The lowest BCUT2D eigenvalue weighted by molar-refractivity contribution is 0.568. The fraction of sp³-hybridized carbons (Fsp3) is 0.545.